The summed E-state index contributed by atoms with van der Waals surface area (Å²) < 4.78 is 0. The van der Waals surface area contributed by atoms with Crippen molar-refractivity contribution in [1.29, 1.82) is 0 Å². The molecular weight excluding hydrogens is 334 g/mol. The van der Waals surface area contributed by atoms with Gasteiger partial charge in [0.25, 0.3) is 0 Å². The Bertz CT molecular complexity index is 869. The van der Waals surface area contributed by atoms with Crippen LogP contribution in [0.15, 0.2) is 41.4 Å². The number of aromatic hydroxyl groups is 1. The van der Waals surface area contributed by atoms with Gasteiger partial charge in [0.05, 0.1) is 6.10 Å². The van der Waals surface area contributed by atoms with Gasteiger partial charge in [0.2, 0.25) is 0 Å². The molecule has 0 unspecified atom stereocenters. The number of aliphatic hydroxyl groups excluding tert-OH is 1. The summed E-state index contributed by atoms with van der Waals surface area (Å²) >= 11 is 0. The maximum absolute atomic E-state index is 10.9. The van der Waals surface area contributed by atoms with E-state index in [4.69, 9.17) is 0 Å². The topological polar surface area (TPSA) is 52.8 Å². The average molecular weight is 366 g/mol. The molecule has 3 nitrogen and oxygen atoms in total. The zero-order valence-electron chi connectivity index (χ0n) is 17.2. The number of aliphatic hydroxyl groups is 1. The van der Waals surface area contributed by atoms with E-state index in [1.165, 1.54) is 5.56 Å². The minimum atomic E-state index is -0.520. The smallest absolute Gasteiger partial charge is 0.128 e. The van der Waals surface area contributed by atoms with Gasteiger partial charge in [0, 0.05) is 23.8 Å². The Morgan fingerprint density at radius 3 is 2.30 bits per heavy atom. The van der Waals surface area contributed by atoms with Crippen molar-refractivity contribution in [3.63, 3.8) is 0 Å². The molecule has 0 aliphatic heterocycles. The van der Waals surface area contributed by atoms with Gasteiger partial charge in [-0.15, -0.1) is 0 Å². The van der Waals surface area contributed by atoms with Gasteiger partial charge in [-0.3, -0.25) is 4.99 Å². The van der Waals surface area contributed by atoms with E-state index in [1.54, 1.807) is 6.21 Å². The normalized spacial score (nSPS) is 20.3. The van der Waals surface area contributed by atoms with Crippen molar-refractivity contribution in [1.82, 2.24) is 0 Å². The lowest BCUT2D eigenvalue weighted by molar-refractivity contribution is 0.159. The van der Waals surface area contributed by atoms with E-state index < -0.39 is 6.10 Å². The standard InChI is InChI=1S/C24H31NO2/c1-23(2,3)17-11-16(22(27)19(13-17)24(4,5)6)14-25-21-18-10-8-7-9-15(18)12-20(21)26/h7-11,13-14,20-21,26-27H,12H2,1-6H3/t20-,21-/m0/s1. The van der Waals surface area contributed by atoms with Crippen molar-refractivity contribution in [3.05, 3.63) is 64.2 Å². The lowest BCUT2D eigenvalue weighted by atomic mass is 9.79. The molecule has 0 saturated carbocycles. The summed E-state index contributed by atoms with van der Waals surface area (Å²) in [5.74, 6) is 0.278. The van der Waals surface area contributed by atoms with Crippen LogP contribution in [-0.2, 0) is 17.3 Å². The molecule has 144 valence electrons. The molecule has 3 rings (SSSR count). The summed E-state index contributed by atoms with van der Waals surface area (Å²) in [5, 5.41) is 21.3. The van der Waals surface area contributed by atoms with Gasteiger partial charge < -0.3 is 10.2 Å². The second-order valence-corrected chi connectivity index (χ2v) is 9.65. The number of hydrogen-bond acceptors (Lipinski definition) is 3. The first-order valence-corrected chi connectivity index (χ1v) is 9.65. The Morgan fingerprint density at radius 1 is 1.00 bits per heavy atom. The predicted octanol–water partition coefficient (Wildman–Crippen LogP) is 5.06. The Labute approximate surface area is 162 Å². The third kappa shape index (κ3) is 3.93. The maximum Gasteiger partial charge on any atom is 0.128 e. The van der Waals surface area contributed by atoms with Gasteiger partial charge in [-0.2, -0.15) is 0 Å². The molecule has 0 heterocycles. The summed E-state index contributed by atoms with van der Waals surface area (Å²) in [7, 11) is 0. The largest absolute Gasteiger partial charge is 0.507 e. The van der Waals surface area contributed by atoms with Gasteiger partial charge in [-0.05, 0) is 33.6 Å². The van der Waals surface area contributed by atoms with Gasteiger partial charge in [0.1, 0.15) is 11.8 Å². The van der Waals surface area contributed by atoms with Crippen LogP contribution in [0.5, 0.6) is 5.75 Å². The number of phenols is 1. The molecule has 0 saturated heterocycles. The van der Waals surface area contributed by atoms with E-state index in [2.05, 4.69) is 52.6 Å². The second-order valence-electron chi connectivity index (χ2n) is 9.65. The van der Waals surface area contributed by atoms with Crippen molar-refractivity contribution in [2.75, 3.05) is 0 Å². The van der Waals surface area contributed by atoms with Gasteiger partial charge in [0.15, 0.2) is 0 Å². The Morgan fingerprint density at radius 2 is 1.67 bits per heavy atom. The van der Waals surface area contributed by atoms with Crippen molar-refractivity contribution >= 4 is 6.21 Å². The van der Waals surface area contributed by atoms with Crippen LogP contribution >= 0.6 is 0 Å². The van der Waals surface area contributed by atoms with Crippen LogP contribution in [-0.4, -0.2) is 22.5 Å². The molecule has 2 aromatic rings. The van der Waals surface area contributed by atoms with E-state index in [-0.39, 0.29) is 22.6 Å². The highest BCUT2D eigenvalue weighted by molar-refractivity contribution is 5.85. The van der Waals surface area contributed by atoms with Crippen molar-refractivity contribution in [3.8, 4) is 5.75 Å². The fourth-order valence-corrected chi connectivity index (χ4v) is 3.65. The van der Waals surface area contributed by atoms with Crippen molar-refractivity contribution in [2.24, 2.45) is 4.99 Å². The molecule has 0 bridgehead atoms. The van der Waals surface area contributed by atoms with Crippen LogP contribution in [0.25, 0.3) is 0 Å². The molecule has 0 fully saturated rings. The number of fused-ring (bicyclic) bond motifs is 1. The number of benzene rings is 2. The summed E-state index contributed by atoms with van der Waals surface area (Å²) in [6.07, 6.45) is 1.84. The first-order valence-electron chi connectivity index (χ1n) is 9.65. The van der Waals surface area contributed by atoms with E-state index in [9.17, 15) is 10.2 Å². The Kier molecular flexibility index (Phi) is 4.94. The van der Waals surface area contributed by atoms with Crippen molar-refractivity contribution < 1.29 is 10.2 Å². The number of nitrogens with zero attached hydrogens (tertiary/aromatic N) is 1. The number of aliphatic imine (C=N–C) groups is 1. The summed E-state index contributed by atoms with van der Waals surface area (Å²) in [5.41, 5.74) is 4.81. The summed E-state index contributed by atoms with van der Waals surface area (Å²) in [4.78, 5) is 4.69. The first-order chi connectivity index (χ1) is 12.5. The van der Waals surface area contributed by atoms with Crippen LogP contribution in [0.3, 0.4) is 0 Å². The zero-order valence-corrected chi connectivity index (χ0v) is 17.2. The molecule has 0 aromatic heterocycles. The predicted molar refractivity (Wildman–Crippen MR) is 112 cm³/mol. The first kappa shape index (κ1) is 19.6. The highest BCUT2D eigenvalue weighted by Crippen LogP contribution is 2.38. The fourth-order valence-electron chi connectivity index (χ4n) is 3.65. The lowest BCUT2D eigenvalue weighted by Gasteiger charge is -2.27. The number of phenolic OH excluding ortho intramolecular Hbond substituents is 1. The molecule has 2 atom stereocenters. The van der Waals surface area contributed by atoms with Crippen LogP contribution in [0.4, 0.5) is 0 Å². The van der Waals surface area contributed by atoms with Crippen LogP contribution < -0.4 is 0 Å². The molecule has 3 heteroatoms. The molecule has 0 amide bonds. The second kappa shape index (κ2) is 6.79. The minimum absolute atomic E-state index is 0.0320. The molecular formula is C24H31NO2. The van der Waals surface area contributed by atoms with Gasteiger partial charge in [-0.1, -0.05) is 71.9 Å². The molecule has 1 aliphatic carbocycles. The van der Waals surface area contributed by atoms with Gasteiger partial charge >= 0.3 is 0 Å². The average Bonchev–Trinajstić information content (AvgIpc) is 2.87. The van der Waals surface area contributed by atoms with E-state index >= 15 is 0 Å². The SMILES string of the molecule is CC(C)(C)c1cc(C=N[C@H]2c3ccccc3C[C@@H]2O)c(O)c(C(C)(C)C)c1. The Hall–Kier alpha value is -2.13. The molecule has 1 aliphatic rings. The minimum Gasteiger partial charge on any atom is -0.507 e. The quantitative estimate of drug-likeness (QED) is 0.731. The summed E-state index contributed by atoms with van der Waals surface area (Å²) in [6.45, 7) is 12.8. The summed E-state index contributed by atoms with van der Waals surface area (Å²) in [6, 6.07) is 11.9. The Balaban J connectivity index is 2.05. The van der Waals surface area contributed by atoms with Crippen LogP contribution in [0.2, 0.25) is 0 Å². The van der Waals surface area contributed by atoms with Gasteiger partial charge in [-0.25, -0.2) is 0 Å². The molecule has 0 spiro atoms. The number of hydrogen-bond donors (Lipinski definition) is 2. The third-order valence-electron chi connectivity index (χ3n) is 5.35. The maximum atomic E-state index is 10.9. The monoisotopic (exact) mass is 365 g/mol. The van der Waals surface area contributed by atoms with E-state index in [0.717, 1.165) is 16.7 Å². The molecule has 27 heavy (non-hydrogen) atoms. The third-order valence-corrected chi connectivity index (χ3v) is 5.35. The van der Waals surface area contributed by atoms with Crippen molar-refractivity contribution in [2.45, 2.75) is 70.9 Å². The molecule has 2 N–H and O–H groups in total. The molecule has 0 radical (unpaired) electrons. The van der Waals surface area contributed by atoms with Crippen LogP contribution in [0.1, 0.15) is 75.4 Å². The highest BCUT2D eigenvalue weighted by atomic mass is 16.3. The van der Waals surface area contributed by atoms with E-state index in [1.807, 2.05) is 30.3 Å². The highest BCUT2D eigenvalue weighted by Gasteiger charge is 2.30. The van der Waals surface area contributed by atoms with Crippen LogP contribution in [0, 0.1) is 0 Å². The van der Waals surface area contributed by atoms with E-state index in [0.29, 0.717) is 12.0 Å². The lowest BCUT2D eigenvalue weighted by Crippen LogP contribution is -2.17. The molecule has 2 aromatic carbocycles. The fraction of sp³-hybridized carbons (Fsp3) is 0.458. The number of rotatable bonds is 2. The zero-order chi connectivity index (χ0) is 20.0.